The minimum Gasteiger partial charge on any atom is -0.454 e. The van der Waals surface area contributed by atoms with Gasteiger partial charge < -0.3 is 15.4 Å². The SMILES string of the molecule is N#Cc1ccsc1NC(=O)COC(=O)CNC(=O)C12CC3CC(CC(C3)C1)C2. The molecular weight excluding hydrogens is 378 g/mol. The fourth-order valence-electron chi connectivity index (χ4n) is 5.58. The summed E-state index contributed by atoms with van der Waals surface area (Å²) >= 11 is 1.23. The van der Waals surface area contributed by atoms with Gasteiger partial charge in [-0.1, -0.05) is 0 Å². The standard InChI is InChI=1S/C20H23N3O4S/c21-9-15-1-2-28-18(15)23-16(24)11-27-17(25)10-22-19(26)20-6-12-3-13(7-20)5-14(4-12)8-20/h1-2,12-14H,3-8,10-11H2,(H,22,26)(H,23,24). The van der Waals surface area contributed by atoms with Gasteiger partial charge in [0.1, 0.15) is 17.6 Å². The Morgan fingerprint density at radius 3 is 2.43 bits per heavy atom. The average molecular weight is 401 g/mol. The molecule has 7 nitrogen and oxygen atoms in total. The second-order valence-electron chi connectivity index (χ2n) is 8.36. The number of nitrogens with zero attached hydrogens (tertiary/aromatic N) is 1. The number of ether oxygens (including phenoxy) is 1. The first-order valence-corrected chi connectivity index (χ1v) is 10.6. The number of thiophene rings is 1. The summed E-state index contributed by atoms with van der Waals surface area (Å²) < 4.78 is 4.95. The number of hydrogen-bond donors (Lipinski definition) is 2. The maximum atomic E-state index is 12.8. The number of carbonyl (C=O) groups excluding carboxylic acids is 3. The van der Waals surface area contributed by atoms with Crippen molar-refractivity contribution in [2.45, 2.75) is 38.5 Å². The van der Waals surface area contributed by atoms with E-state index >= 15 is 0 Å². The van der Waals surface area contributed by atoms with E-state index in [1.807, 2.05) is 6.07 Å². The minimum atomic E-state index is -0.639. The van der Waals surface area contributed by atoms with Gasteiger partial charge in [0.05, 0.1) is 5.56 Å². The third kappa shape index (κ3) is 3.76. The fourth-order valence-corrected chi connectivity index (χ4v) is 6.34. The quantitative estimate of drug-likeness (QED) is 0.712. The molecule has 0 aliphatic heterocycles. The Morgan fingerprint density at radius 1 is 1.18 bits per heavy atom. The zero-order valence-electron chi connectivity index (χ0n) is 15.5. The first-order valence-electron chi connectivity index (χ1n) is 9.69. The highest BCUT2D eigenvalue weighted by atomic mass is 32.1. The highest BCUT2D eigenvalue weighted by molar-refractivity contribution is 7.14. The van der Waals surface area contributed by atoms with Crippen molar-refractivity contribution in [3.8, 4) is 6.07 Å². The van der Waals surface area contributed by atoms with Crippen molar-refractivity contribution in [1.82, 2.24) is 5.32 Å². The molecule has 5 rings (SSSR count). The van der Waals surface area contributed by atoms with E-state index in [1.165, 1.54) is 30.6 Å². The van der Waals surface area contributed by atoms with Crippen molar-refractivity contribution in [3.05, 3.63) is 17.0 Å². The molecule has 4 aliphatic carbocycles. The molecule has 4 saturated carbocycles. The van der Waals surface area contributed by atoms with Gasteiger partial charge in [-0.25, -0.2) is 0 Å². The van der Waals surface area contributed by atoms with Gasteiger partial charge >= 0.3 is 5.97 Å². The molecule has 0 unspecified atom stereocenters. The number of rotatable bonds is 6. The summed E-state index contributed by atoms with van der Waals surface area (Å²) in [6, 6.07) is 3.58. The predicted octanol–water partition coefficient (Wildman–Crippen LogP) is 2.43. The first kappa shape index (κ1) is 18.9. The second-order valence-corrected chi connectivity index (χ2v) is 9.28. The van der Waals surface area contributed by atoms with Gasteiger partial charge in [0.25, 0.3) is 5.91 Å². The van der Waals surface area contributed by atoms with Crippen LogP contribution in [0.25, 0.3) is 0 Å². The zero-order chi connectivity index (χ0) is 19.7. The van der Waals surface area contributed by atoms with Crippen LogP contribution >= 0.6 is 11.3 Å². The summed E-state index contributed by atoms with van der Waals surface area (Å²) in [5, 5.41) is 16.3. The van der Waals surface area contributed by atoms with E-state index < -0.39 is 18.5 Å². The molecular formula is C20H23N3O4S. The average Bonchev–Trinajstić information content (AvgIpc) is 3.10. The molecule has 0 aromatic carbocycles. The van der Waals surface area contributed by atoms with E-state index in [1.54, 1.807) is 11.4 Å². The number of nitrogens with one attached hydrogen (secondary N) is 2. The highest BCUT2D eigenvalue weighted by Gasteiger charge is 2.54. The highest BCUT2D eigenvalue weighted by Crippen LogP contribution is 2.60. The Kier molecular flexibility index (Phi) is 5.11. The van der Waals surface area contributed by atoms with Gasteiger partial charge in [-0.15, -0.1) is 11.3 Å². The van der Waals surface area contributed by atoms with Gasteiger partial charge in [-0.3, -0.25) is 14.4 Å². The molecule has 2 N–H and O–H groups in total. The summed E-state index contributed by atoms with van der Waals surface area (Å²) in [6.07, 6.45) is 6.56. The first-order chi connectivity index (χ1) is 13.5. The normalized spacial score (nSPS) is 29.8. The lowest BCUT2D eigenvalue weighted by Crippen LogP contribution is -2.54. The van der Waals surface area contributed by atoms with Crippen LogP contribution in [0.5, 0.6) is 0 Å². The molecule has 1 aromatic heterocycles. The number of hydrogen-bond acceptors (Lipinski definition) is 6. The topological polar surface area (TPSA) is 108 Å². The predicted molar refractivity (Wildman–Crippen MR) is 102 cm³/mol. The van der Waals surface area contributed by atoms with Crippen molar-refractivity contribution in [1.29, 1.82) is 5.26 Å². The molecule has 8 heteroatoms. The molecule has 28 heavy (non-hydrogen) atoms. The number of nitriles is 1. The van der Waals surface area contributed by atoms with Crippen LogP contribution in [0.1, 0.15) is 44.1 Å². The van der Waals surface area contributed by atoms with Gasteiger partial charge in [-0.2, -0.15) is 5.26 Å². The summed E-state index contributed by atoms with van der Waals surface area (Å²) in [4.78, 5) is 36.6. The fraction of sp³-hybridized carbons (Fsp3) is 0.600. The van der Waals surface area contributed by atoms with Gasteiger partial charge in [0.15, 0.2) is 6.61 Å². The van der Waals surface area contributed by atoms with Crippen LogP contribution in [0.4, 0.5) is 5.00 Å². The van der Waals surface area contributed by atoms with E-state index in [0.29, 0.717) is 28.3 Å². The molecule has 1 heterocycles. The van der Waals surface area contributed by atoms with Crippen LogP contribution in [-0.4, -0.2) is 30.9 Å². The van der Waals surface area contributed by atoms with Crippen molar-refractivity contribution in [2.24, 2.45) is 23.2 Å². The summed E-state index contributed by atoms with van der Waals surface area (Å²) in [5.74, 6) is 0.777. The van der Waals surface area contributed by atoms with E-state index in [9.17, 15) is 14.4 Å². The van der Waals surface area contributed by atoms with E-state index in [0.717, 1.165) is 19.3 Å². The van der Waals surface area contributed by atoms with Crippen LogP contribution in [0.3, 0.4) is 0 Å². The van der Waals surface area contributed by atoms with Gasteiger partial charge in [0, 0.05) is 5.41 Å². The molecule has 0 radical (unpaired) electrons. The lowest BCUT2D eigenvalue weighted by atomic mass is 9.49. The van der Waals surface area contributed by atoms with Crippen molar-refractivity contribution in [3.63, 3.8) is 0 Å². The Labute approximate surface area is 167 Å². The summed E-state index contributed by atoms with van der Waals surface area (Å²) in [7, 11) is 0. The number of anilines is 1. The maximum Gasteiger partial charge on any atom is 0.325 e. The second kappa shape index (κ2) is 7.55. The third-order valence-electron chi connectivity index (χ3n) is 6.32. The number of amides is 2. The lowest BCUT2D eigenvalue weighted by Gasteiger charge is -2.55. The lowest BCUT2D eigenvalue weighted by molar-refractivity contribution is -0.152. The molecule has 2 amide bonds. The Hall–Kier alpha value is -2.40. The van der Waals surface area contributed by atoms with Crippen molar-refractivity contribution in [2.75, 3.05) is 18.5 Å². The number of esters is 1. The Balaban J connectivity index is 1.22. The van der Waals surface area contributed by atoms with Crippen LogP contribution in [-0.2, 0) is 19.1 Å². The minimum absolute atomic E-state index is 0.0368. The molecule has 4 fully saturated rings. The van der Waals surface area contributed by atoms with Crippen LogP contribution in [0.2, 0.25) is 0 Å². The molecule has 0 saturated heterocycles. The van der Waals surface area contributed by atoms with Gasteiger partial charge in [-0.05, 0) is 67.7 Å². The van der Waals surface area contributed by atoms with E-state index in [4.69, 9.17) is 10.00 Å². The van der Waals surface area contributed by atoms with Crippen LogP contribution in [0.15, 0.2) is 11.4 Å². The Bertz CT molecular complexity index is 805. The molecule has 4 bridgehead atoms. The Morgan fingerprint density at radius 2 is 1.82 bits per heavy atom. The maximum absolute atomic E-state index is 12.8. The van der Waals surface area contributed by atoms with E-state index in [-0.39, 0.29) is 17.9 Å². The zero-order valence-corrected chi connectivity index (χ0v) is 16.3. The molecule has 148 valence electrons. The number of carbonyl (C=O) groups is 3. The van der Waals surface area contributed by atoms with Crippen LogP contribution < -0.4 is 10.6 Å². The molecule has 4 aliphatic rings. The van der Waals surface area contributed by atoms with E-state index in [2.05, 4.69) is 10.6 Å². The summed E-state index contributed by atoms with van der Waals surface area (Å²) in [5.41, 5.74) is 0.0618. The third-order valence-corrected chi connectivity index (χ3v) is 7.15. The van der Waals surface area contributed by atoms with Crippen LogP contribution in [0, 0.1) is 34.5 Å². The molecule has 0 spiro atoms. The monoisotopic (exact) mass is 401 g/mol. The van der Waals surface area contributed by atoms with Crippen molar-refractivity contribution < 1.29 is 19.1 Å². The largest absolute Gasteiger partial charge is 0.454 e. The molecule has 1 aromatic rings. The summed E-state index contributed by atoms with van der Waals surface area (Å²) in [6.45, 7) is -0.675. The molecule has 0 atom stereocenters. The smallest absolute Gasteiger partial charge is 0.325 e. The van der Waals surface area contributed by atoms with Crippen molar-refractivity contribution >= 4 is 34.1 Å². The van der Waals surface area contributed by atoms with Gasteiger partial charge in [0.2, 0.25) is 5.91 Å².